The van der Waals surface area contributed by atoms with Gasteiger partial charge in [-0.3, -0.25) is 0 Å². The topological polar surface area (TPSA) is 26.0 Å². The molecule has 0 atom stereocenters. The van der Waals surface area contributed by atoms with E-state index in [0.29, 0.717) is 0 Å². The Bertz CT molecular complexity index is 72.3. The zero-order valence-corrected chi connectivity index (χ0v) is 8.81. The van der Waals surface area contributed by atoms with Crippen molar-refractivity contribution in [3.63, 3.8) is 0 Å². The van der Waals surface area contributed by atoms with Crippen LogP contribution in [0.25, 0.3) is 0 Å². The average molecular weight is 171 g/mol. The number of nitrogens with two attached hydrogens (primary N) is 1. The number of hydrogen-bond acceptors (Lipinski definition) is 1. The fourth-order valence-electron chi connectivity index (χ4n) is 1.71. The van der Waals surface area contributed by atoms with Crippen molar-refractivity contribution in [2.24, 2.45) is 11.7 Å². The van der Waals surface area contributed by atoms with Gasteiger partial charge in [0.1, 0.15) is 0 Å². The molecule has 0 aromatic heterocycles. The second-order valence-electron chi connectivity index (χ2n) is 3.79. The maximum Gasteiger partial charge on any atom is -0.00746 e. The second kappa shape index (κ2) is 9.05. The molecule has 0 radical (unpaired) electrons. The fraction of sp³-hybridized carbons (Fsp3) is 1.00. The highest BCUT2D eigenvalue weighted by Gasteiger charge is 2.11. The Morgan fingerprint density at radius 3 is 2.00 bits per heavy atom. The first-order valence-corrected chi connectivity index (χ1v) is 5.55. The number of rotatable bonds is 2. The molecule has 0 unspecified atom stereocenters. The van der Waals surface area contributed by atoms with Crippen molar-refractivity contribution >= 4 is 0 Å². The van der Waals surface area contributed by atoms with E-state index in [1.165, 1.54) is 44.9 Å². The van der Waals surface area contributed by atoms with Crippen molar-refractivity contribution in [2.45, 2.75) is 58.8 Å². The molecule has 0 spiro atoms. The highest BCUT2D eigenvalue weighted by atomic mass is 14.5. The van der Waals surface area contributed by atoms with E-state index in [4.69, 9.17) is 5.73 Å². The Balaban J connectivity index is 0.000000354. The predicted octanol–water partition coefficient (Wildman–Crippen LogP) is 3.33. The minimum absolute atomic E-state index is 0.894. The van der Waals surface area contributed by atoms with Crippen LogP contribution in [-0.4, -0.2) is 6.54 Å². The molecule has 74 valence electrons. The molecule has 1 fully saturated rings. The van der Waals surface area contributed by atoms with Gasteiger partial charge in [-0.05, 0) is 18.9 Å². The lowest BCUT2D eigenvalue weighted by molar-refractivity contribution is 0.343. The molecule has 0 saturated heterocycles. The van der Waals surface area contributed by atoms with Gasteiger partial charge in [-0.1, -0.05) is 52.4 Å². The summed E-state index contributed by atoms with van der Waals surface area (Å²) in [5.74, 6) is 0.976. The lowest BCUT2D eigenvalue weighted by atomic mass is 9.87. The summed E-state index contributed by atoms with van der Waals surface area (Å²) in [5, 5.41) is 0. The SMILES string of the molecule is CCC.NCCC1CCCCC1. The standard InChI is InChI=1S/C8H17N.C3H8/c9-7-6-8-4-2-1-3-5-8;1-3-2/h8H,1-7,9H2;3H2,1-2H3. The molecule has 1 aliphatic rings. The largest absolute Gasteiger partial charge is 0.330 e. The molecule has 1 aliphatic carbocycles. The summed E-state index contributed by atoms with van der Waals surface area (Å²) in [5.41, 5.74) is 5.46. The average Bonchev–Trinajstić information content (AvgIpc) is 2.08. The van der Waals surface area contributed by atoms with E-state index in [9.17, 15) is 0 Å². The molecule has 0 amide bonds. The summed E-state index contributed by atoms with van der Waals surface area (Å²) < 4.78 is 0. The number of hydrogen-bond donors (Lipinski definition) is 1. The Morgan fingerprint density at radius 2 is 1.58 bits per heavy atom. The molecule has 2 N–H and O–H groups in total. The third-order valence-corrected chi connectivity index (χ3v) is 2.30. The van der Waals surface area contributed by atoms with Crippen molar-refractivity contribution < 1.29 is 0 Å². The van der Waals surface area contributed by atoms with E-state index in [1.54, 1.807) is 0 Å². The minimum Gasteiger partial charge on any atom is -0.330 e. The van der Waals surface area contributed by atoms with Gasteiger partial charge in [0.2, 0.25) is 0 Å². The van der Waals surface area contributed by atoms with Crippen LogP contribution in [0.2, 0.25) is 0 Å². The van der Waals surface area contributed by atoms with Crippen molar-refractivity contribution in [1.82, 2.24) is 0 Å². The van der Waals surface area contributed by atoms with Crippen LogP contribution in [0.3, 0.4) is 0 Å². The Hall–Kier alpha value is -0.0400. The smallest absolute Gasteiger partial charge is 0.00746 e. The monoisotopic (exact) mass is 171 g/mol. The summed E-state index contributed by atoms with van der Waals surface area (Å²) in [7, 11) is 0. The van der Waals surface area contributed by atoms with Crippen LogP contribution < -0.4 is 5.73 Å². The Kier molecular flexibility index (Phi) is 9.02. The highest BCUT2D eigenvalue weighted by molar-refractivity contribution is 4.65. The van der Waals surface area contributed by atoms with E-state index >= 15 is 0 Å². The zero-order valence-electron chi connectivity index (χ0n) is 8.81. The third kappa shape index (κ3) is 6.66. The van der Waals surface area contributed by atoms with Gasteiger partial charge in [0, 0.05) is 0 Å². The Morgan fingerprint density at radius 1 is 1.08 bits per heavy atom. The molecule has 1 saturated carbocycles. The van der Waals surface area contributed by atoms with E-state index < -0.39 is 0 Å². The maximum atomic E-state index is 5.46. The van der Waals surface area contributed by atoms with Gasteiger partial charge in [-0.25, -0.2) is 0 Å². The molecule has 0 aromatic carbocycles. The van der Waals surface area contributed by atoms with Crippen LogP contribution in [0, 0.1) is 5.92 Å². The summed E-state index contributed by atoms with van der Waals surface area (Å²) in [6, 6.07) is 0. The van der Waals surface area contributed by atoms with Gasteiger partial charge >= 0.3 is 0 Å². The van der Waals surface area contributed by atoms with Crippen molar-refractivity contribution in [3.8, 4) is 0 Å². The quantitative estimate of drug-likeness (QED) is 0.677. The highest BCUT2D eigenvalue weighted by Crippen LogP contribution is 2.25. The third-order valence-electron chi connectivity index (χ3n) is 2.30. The zero-order chi connectivity index (χ0) is 9.23. The van der Waals surface area contributed by atoms with E-state index in [1.807, 2.05) is 0 Å². The van der Waals surface area contributed by atoms with Crippen LogP contribution in [0.15, 0.2) is 0 Å². The first-order valence-electron chi connectivity index (χ1n) is 5.55. The van der Waals surface area contributed by atoms with Gasteiger partial charge < -0.3 is 5.73 Å². The van der Waals surface area contributed by atoms with Crippen LogP contribution in [0.5, 0.6) is 0 Å². The molecule has 0 aromatic rings. The normalized spacial score (nSPS) is 18.2. The predicted molar refractivity (Wildman–Crippen MR) is 56.2 cm³/mol. The lowest BCUT2D eigenvalue weighted by Gasteiger charge is -2.20. The van der Waals surface area contributed by atoms with Gasteiger partial charge in [0.25, 0.3) is 0 Å². The lowest BCUT2D eigenvalue weighted by Crippen LogP contribution is -2.11. The Labute approximate surface area is 77.7 Å². The maximum absolute atomic E-state index is 5.46. The first-order chi connectivity index (χ1) is 5.85. The molecule has 0 bridgehead atoms. The molecule has 1 heteroatoms. The fourth-order valence-corrected chi connectivity index (χ4v) is 1.71. The molecule has 0 aliphatic heterocycles. The minimum atomic E-state index is 0.894. The molecule has 1 rings (SSSR count). The van der Waals surface area contributed by atoms with E-state index in [2.05, 4.69) is 13.8 Å². The van der Waals surface area contributed by atoms with Gasteiger partial charge in [0.05, 0.1) is 0 Å². The summed E-state index contributed by atoms with van der Waals surface area (Å²) in [6.07, 6.45) is 9.75. The van der Waals surface area contributed by atoms with Crippen molar-refractivity contribution in [1.29, 1.82) is 0 Å². The van der Waals surface area contributed by atoms with E-state index in [-0.39, 0.29) is 0 Å². The molecule has 0 heterocycles. The summed E-state index contributed by atoms with van der Waals surface area (Å²) in [6.45, 7) is 5.14. The second-order valence-corrected chi connectivity index (χ2v) is 3.79. The van der Waals surface area contributed by atoms with Crippen LogP contribution in [-0.2, 0) is 0 Å². The summed E-state index contributed by atoms with van der Waals surface area (Å²) >= 11 is 0. The molecule has 1 nitrogen and oxygen atoms in total. The van der Waals surface area contributed by atoms with Gasteiger partial charge in [0.15, 0.2) is 0 Å². The van der Waals surface area contributed by atoms with Gasteiger partial charge in [-0.2, -0.15) is 0 Å². The molecular weight excluding hydrogens is 146 g/mol. The van der Waals surface area contributed by atoms with Crippen molar-refractivity contribution in [3.05, 3.63) is 0 Å². The molecular formula is C11H25N. The van der Waals surface area contributed by atoms with Crippen LogP contribution >= 0.6 is 0 Å². The van der Waals surface area contributed by atoms with Crippen LogP contribution in [0.1, 0.15) is 58.8 Å². The summed E-state index contributed by atoms with van der Waals surface area (Å²) in [4.78, 5) is 0. The van der Waals surface area contributed by atoms with Gasteiger partial charge in [-0.15, -0.1) is 0 Å². The van der Waals surface area contributed by atoms with E-state index in [0.717, 1.165) is 12.5 Å². The van der Waals surface area contributed by atoms with Crippen molar-refractivity contribution in [2.75, 3.05) is 6.54 Å². The molecule has 12 heavy (non-hydrogen) atoms. The van der Waals surface area contributed by atoms with Crippen LogP contribution in [0.4, 0.5) is 0 Å². The first kappa shape index (κ1) is 12.0.